The number of hydrogen-bond acceptors (Lipinski definition) is 4. The number of nitrogens with zero attached hydrogens (tertiary/aromatic N) is 1. The van der Waals surface area contributed by atoms with Crippen molar-refractivity contribution in [2.24, 2.45) is 5.73 Å². The average molecular weight is 293 g/mol. The summed E-state index contributed by atoms with van der Waals surface area (Å²) in [5.41, 5.74) is 6.83. The van der Waals surface area contributed by atoms with Crippen LogP contribution in [0.5, 0.6) is 0 Å². The molecule has 3 N–H and O–H groups in total. The third-order valence-corrected chi connectivity index (χ3v) is 3.13. The van der Waals surface area contributed by atoms with Gasteiger partial charge < -0.3 is 20.7 Å². The Balaban J connectivity index is 2.70. The van der Waals surface area contributed by atoms with Crippen molar-refractivity contribution in [3.63, 3.8) is 0 Å². The van der Waals surface area contributed by atoms with Gasteiger partial charge in [0.25, 0.3) is 5.91 Å². The highest BCUT2D eigenvalue weighted by Crippen LogP contribution is 2.12. The molecule has 0 bridgehead atoms. The first-order valence-electron chi connectivity index (χ1n) is 6.98. The lowest BCUT2D eigenvalue weighted by molar-refractivity contribution is -0.118. The highest BCUT2D eigenvalue weighted by Gasteiger charge is 2.14. The van der Waals surface area contributed by atoms with Crippen molar-refractivity contribution in [2.45, 2.75) is 19.9 Å². The number of rotatable bonds is 7. The topological polar surface area (TPSA) is 84.7 Å². The van der Waals surface area contributed by atoms with Crippen LogP contribution in [0.2, 0.25) is 0 Å². The van der Waals surface area contributed by atoms with Gasteiger partial charge in [0, 0.05) is 31.5 Å². The van der Waals surface area contributed by atoms with E-state index in [4.69, 9.17) is 10.5 Å². The van der Waals surface area contributed by atoms with Crippen molar-refractivity contribution in [1.82, 2.24) is 4.90 Å². The molecule has 1 rings (SSSR count). The highest BCUT2D eigenvalue weighted by molar-refractivity contribution is 5.97. The Morgan fingerprint density at radius 1 is 1.24 bits per heavy atom. The summed E-state index contributed by atoms with van der Waals surface area (Å²) in [5, 5.41) is 2.68. The predicted molar refractivity (Wildman–Crippen MR) is 82.2 cm³/mol. The first-order valence-corrected chi connectivity index (χ1v) is 6.98. The molecule has 6 heteroatoms. The number of benzene rings is 1. The zero-order valence-corrected chi connectivity index (χ0v) is 12.8. The Morgan fingerprint density at radius 3 is 2.29 bits per heavy atom. The van der Waals surface area contributed by atoms with E-state index in [1.165, 1.54) is 7.11 Å². The fourth-order valence-electron chi connectivity index (χ4n) is 1.88. The number of anilines is 1. The van der Waals surface area contributed by atoms with Gasteiger partial charge in [0.15, 0.2) is 0 Å². The van der Waals surface area contributed by atoms with E-state index in [-0.39, 0.29) is 18.4 Å². The van der Waals surface area contributed by atoms with Crippen molar-refractivity contribution < 1.29 is 14.3 Å². The quantitative estimate of drug-likeness (QED) is 0.788. The van der Waals surface area contributed by atoms with Crippen LogP contribution in [0.4, 0.5) is 5.69 Å². The summed E-state index contributed by atoms with van der Waals surface area (Å²) in [4.78, 5) is 25.6. The van der Waals surface area contributed by atoms with Gasteiger partial charge in [0.1, 0.15) is 6.04 Å². The molecule has 0 spiro atoms. The molecule has 0 saturated carbocycles. The minimum atomic E-state index is -0.716. The van der Waals surface area contributed by atoms with Crippen LogP contribution in [0.1, 0.15) is 24.2 Å². The summed E-state index contributed by atoms with van der Waals surface area (Å²) in [6, 6.07) is 6.05. The molecule has 0 aliphatic carbocycles. The second-order valence-corrected chi connectivity index (χ2v) is 4.61. The van der Waals surface area contributed by atoms with Crippen molar-refractivity contribution in [1.29, 1.82) is 0 Å². The Kier molecular flexibility index (Phi) is 6.84. The van der Waals surface area contributed by atoms with Crippen LogP contribution in [0.15, 0.2) is 24.3 Å². The lowest BCUT2D eigenvalue weighted by Crippen LogP contribution is -2.39. The predicted octanol–water partition coefficient (Wildman–Crippen LogP) is 1.08. The molecule has 116 valence electrons. The largest absolute Gasteiger partial charge is 0.383 e. The van der Waals surface area contributed by atoms with E-state index in [1.807, 2.05) is 13.8 Å². The SMILES string of the molecule is CCN(CC)C(=O)c1ccc(NC(=O)C(N)COC)cc1. The maximum Gasteiger partial charge on any atom is 0.253 e. The highest BCUT2D eigenvalue weighted by atomic mass is 16.5. The van der Waals surface area contributed by atoms with Gasteiger partial charge in [0.2, 0.25) is 5.91 Å². The lowest BCUT2D eigenvalue weighted by Gasteiger charge is -2.18. The molecule has 1 atom stereocenters. The fraction of sp³-hybridized carbons (Fsp3) is 0.467. The van der Waals surface area contributed by atoms with Gasteiger partial charge >= 0.3 is 0 Å². The van der Waals surface area contributed by atoms with E-state index in [9.17, 15) is 9.59 Å². The standard InChI is InChI=1S/C15H23N3O3/c1-4-18(5-2)15(20)11-6-8-12(9-7-11)17-14(19)13(16)10-21-3/h6-9,13H,4-5,10,16H2,1-3H3,(H,17,19). The molecule has 1 aromatic rings. The van der Waals surface area contributed by atoms with E-state index in [1.54, 1.807) is 29.2 Å². The third kappa shape index (κ3) is 4.84. The second-order valence-electron chi connectivity index (χ2n) is 4.61. The zero-order valence-electron chi connectivity index (χ0n) is 12.8. The average Bonchev–Trinajstić information content (AvgIpc) is 2.49. The maximum absolute atomic E-state index is 12.1. The van der Waals surface area contributed by atoms with Crippen molar-refractivity contribution in [3.8, 4) is 0 Å². The van der Waals surface area contributed by atoms with Gasteiger partial charge in [-0.15, -0.1) is 0 Å². The van der Waals surface area contributed by atoms with E-state index in [2.05, 4.69) is 5.32 Å². The second kappa shape index (κ2) is 8.39. The van der Waals surface area contributed by atoms with Gasteiger partial charge in [-0.3, -0.25) is 9.59 Å². The van der Waals surface area contributed by atoms with Crippen molar-refractivity contribution in [3.05, 3.63) is 29.8 Å². The third-order valence-electron chi connectivity index (χ3n) is 3.13. The van der Waals surface area contributed by atoms with E-state index in [0.717, 1.165) is 0 Å². The molecule has 0 heterocycles. The Morgan fingerprint density at radius 2 is 1.81 bits per heavy atom. The van der Waals surface area contributed by atoms with Crippen LogP contribution in [-0.4, -0.2) is 49.6 Å². The fourth-order valence-corrected chi connectivity index (χ4v) is 1.88. The van der Waals surface area contributed by atoms with Gasteiger partial charge in [-0.05, 0) is 38.1 Å². The minimum absolute atomic E-state index is 0.0195. The molecule has 6 nitrogen and oxygen atoms in total. The number of carbonyl (C=O) groups is 2. The monoisotopic (exact) mass is 293 g/mol. The number of nitrogens with one attached hydrogen (secondary N) is 1. The smallest absolute Gasteiger partial charge is 0.253 e. The number of nitrogens with two attached hydrogens (primary N) is 1. The van der Waals surface area contributed by atoms with Crippen LogP contribution < -0.4 is 11.1 Å². The molecule has 0 saturated heterocycles. The van der Waals surface area contributed by atoms with E-state index < -0.39 is 6.04 Å². The minimum Gasteiger partial charge on any atom is -0.383 e. The molecule has 0 aliphatic heterocycles. The van der Waals surface area contributed by atoms with E-state index >= 15 is 0 Å². The summed E-state index contributed by atoms with van der Waals surface area (Å²) in [6.07, 6.45) is 0. The summed E-state index contributed by atoms with van der Waals surface area (Å²) in [5.74, 6) is -0.339. The Labute approximate surface area is 125 Å². The van der Waals surface area contributed by atoms with Gasteiger partial charge in [-0.1, -0.05) is 0 Å². The molecule has 1 unspecified atom stereocenters. The lowest BCUT2D eigenvalue weighted by atomic mass is 10.1. The molecule has 0 aromatic heterocycles. The molecule has 2 amide bonds. The van der Waals surface area contributed by atoms with E-state index in [0.29, 0.717) is 24.3 Å². The van der Waals surface area contributed by atoms with Crippen molar-refractivity contribution >= 4 is 17.5 Å². The first-order chi connectivity index (χ1) is 10.0. The van der Waals surface area contributed by atoms with Gasteiger partial charge in [-0.2, -0.15) is 0 Å². The van der Waals surface area contributed by atoms with Crippen LogP contribution >= 0.6 is 0 Å². The Hall–Kier alpha value is -1.92. The number of hydrogen-bond donors (Lipinski definition) is 2. The molecule has 21 heavy (non-hydrogen) atoms. The first kappa shape index (κ1) is 17.1. The maximum atomic E-state index is 12.1. The van der Waals surface area contributed by atoms with Crippen LogP contribution in [-0.2, 0) is 9.53 Å². The molecule has 0 aliphatic rings. The molecular weight excluding hydrogens is 270 g/mol. The van der Waals surface area contributed by atoms with Gasteiger partial charge in [0.05, 0.1) is 6.61 Å². The number of amides is 2. The van der Waals surface area contributed by atoms with Crippen molar-refractivity contribution in [2.75, 3.05) is 32.1 Å². The van der Waals surface area contributed by atoms with Crippen LogP contribution in [0.25, 0.3) is 0 Å². The zero-order chi connectivity index (χ0) is 15.8. The van der Waals surface area contributed by atoms with Crippen LogP contribution in [0, 0.1) is 0 Å². The molecule has 1 aromatic carbocycles. The summed E-state index contributed by atoms with van der Waals surface area (Å²) >= 11 is 0. The number of carbonyl (C=O) groups excluding carboxylic acids is 2. The number of ether oxygens (including phenoxy) is 1. The summed E-state index contributed by atoms with van der Waals surface area (Å²) < 4.78 is 4.83. The summed E-state index contributed by atoms with van der Waals surface area (Å²) in [7, 11) is 1.49. The van der Waals surface area contributed by atoms with Gasteiger partial charge in [-0.25, -0.2) is 0 Å². The molecular formula is C15H23N3O3. The van der Waals surface area contributed by atoms with Crippen LogP contribution in [0.3, 0.4) is 0 Å². The Bertz CT molecular complexity index is 470. The molecule has 0 radical (unpaired) electrons. The normalized spacial score (nSPS) is 11.8. The number of methoxy groups -OCH3 is 1. The summed E-state index contributed by atoms with van der Waals surface area (Å²) in [6.45, 7) is 5.37. The molecule has 0 fully saturated rings.